The third-order valence-electron chi connectivity index (χ3n) is 4.93. The molecule has 2 aliphatic heterocycles. The van der Waals surface area contributed by atoms with Crippen LogP contribution in [-0.2, 0) is 11.3 Å². The molecule has 28 heavy (non-hydrogen) atoms. The molecule has 1 aromatic carbocycles. The van der Waals surface area contributed by atoms with Gasteiger partial charge in [0.25, 0.3) is 5.91 Å². The highest BCUT2D eigenvalue weighted by molar-refractivity contribution is 5.91. The molecule has 0 unspecified atom stereocenters. The van der Waals surface area contributed by atoms with Crippen molar-refractivity contribution in [1.29, 1.82) is 0 Å². The maximum atomic E-state index is 12.4. The Balaban J connectivity index is 1.16. The Hall–Kier alpha value is -3.00. The van der Waals surface area contributed by atoms with E-state index in [1.54, 1.807) is 17.0 Å². The van der Waals surface area contributed by atoms with E-state index in [2.05, 4.69) is 5.32 Å². The molecular formula is C20H23N3O5. The molecule has 2 aliphatic rings. The molecule has 148 valence electrons. The zero-order chi connectivity index (χ0) is 19.3. The first-order valence-electron chi connectivity index (χ1n) is 9.40. The van der Waals surface area contributed by atoms with Crippen molar-refractivity contribution in [3.05, 3.63) is 47.9 Å². The van der Waals surface area contributed by atoms with Crippen molar-refractivity contribution in [1.82, 2.24) is 15.1 Å². The fourth-order valence-electron chi connectivity index (χ4n) is 3.35. The lowest BCUT2D eigenvalue weighted by atomic mass is 10.2. The molecular weight excluding hydrogens is 362 g/mol. The fraction of sp³-hybridized carbons (Fsp3) is 0.400. The summed E-state index contributed by atoms with van der Waals surface area (Å²) in [6.07, 6.45) is 1.92. The Labute approximate surface area is 163 Å². The Morgan fingerprint density at radius 2 is 1.79 bits per heavy atom. The molecule has 0 bridgehead atoms. The molecule has 3 heterocycles. The Kier molecular flexibility index (Phi) is 5.48. The average Bonchev–Trinajstić information content (AvgIpc) is 3.42. The van der Waals surface area contributed by atoms with Gasteiger partial charge in [-0.1, -0.05) is 6.07 Å². The number of piperazine rings is 1. The van der Waals surface area contributed by atoms with Crippen LogP contribution < -0.4 is 14.8 Å². The maximum absolute atomic E-state index is 12.4. The molecule has 1 fully saturated rings. The number of carbonyl (C=O) groups is 2. The minimum Gasteiger partial charge on any atom is -0.459 e. The van der Waals surface area contributed by atoms with Crippen LogP contribution in [0.4, 0.5) is 0 Å². The molecule has 0 saturated carbocycles. The lowest BCUT2D eigenvalue weighted by Gasteiger charge is -2.34. The standard InChI is InChI=1S/C20H23N3O5/c24-19(5-6-21-13-15-3-4-16-18(12-15)28-14-27-16)22-7-9-23(10-8-22)20(25)17-2-1-11-26-17/h1-4,11-12,21H,5-10,13-14H2. The van der Waals surface area contributed by atoms with Gasteiger partial charge in [-0.25, -0.2) is 0 Å². The molecule has 0 radical (unpaired) electrons. The van der Waals surface area contributed by atoms with Crippen LogP contribution in [0.1, 0.15) is 22.5 Å². The first-order valence-corrected chi connectivity index (χ1v) is 9.40. The van der Waals surface area contributed by atoms with E-state index in [0.717, 1.165) is 17.1 Å². The Morgan fingerprint density at radius 1 is 1.00 bits per heavy atom. The van der Waals surface area contributed by atoms with Crippen LogP contribution in [0.5, 0.6) is 11.5 Å². The van der Waals surface area contributed by atoms with Gasteiger partial charge in [-0.15, -0.1) is 0 Å². The van der Waals surface area contributed by atoms with E-state index < -0.39 is 0 Å². The number of hydrogen-bond acceptors (Lipinski definition) is 6. The Morgan fingerprint density at radius 3 is 2.57 bits per heavy atom. The minimum atomic E-state index is -0.123. The van der Waals surface area contributed by atoms with Gasteiger partial charge in [0, 0.05) is 45.7 Å². The van der Waals surface area contributed by atoms with E-state index in [-0.39, 0.29) is 18.6 Å². The van der Waals surface area contributed by atoms with E-state index >= 15 is 0 Å². The van der Waals surface area contributed by atoms with Crippen LogP contribution in [0.15, 0.2) is 41.0 Å². The SMILES string of the molecule is O=C(CCNCc1ccc2c(c1)OCO2)N1CCN(C(=O)c2ccco2)CC1. The lowest BCUT2D eigenvalue weighted by Crippen LogP contribution is -2.50. The number of furan rings is 1. The molecule has 8 heteroatoms. The third-order valence-corrected chi connectivity index (χ3v) is 4.93. The van der Waals surface area contributed by atoms with Crippen LogP contribution in [-0.4, -0.2) is 61.1 Å². The van der Waals surface area contributed by atoms with Gasteiger partial charge in [0.05, 0.1) is 6.26 Å². The highest BCUT2D eigenvalue weighted by atomic mass is 16.7. The summed E-state index contributed by atoms with van der Waals surface area (Å²) in [6.45, 7) is 3.67. The summed E-state index contributed by atoms with van der Waals surface area (Å²) in [6, 6.07) is 9.19. The molecule has 2 amide bonds. The van der Waals surface area contributed by atoms with E-state index in [1.807, 2.05) is 23.1 Å². The number of carbonyl (C=O) groups excluding carboxylic acids is 2. The summed E-state index contributed by atoms with van der Waals surface area (Å²) in [5.74, 6) is 1.85. The fourth-order valence-corrected chi connectivity index (χ4v) is 3.35. The number of ether oxygens (including phenoxy) is 2. The molecule has 2 aromatic rings. The van der Waals surface area contributed by atoms with Crippen molar-refractivity contribution >= 4 is 11.8 Å². The predicted molar refractivity (Wildman–Crippen MR) is 100 cm³/mol. The van der Waals surface area contributed by atoms with Gasteiger partial charge in [0.1, 0.15) is 0 Å². The van der Waals surface area contributed by atoms with E-state index in [0.29, 0.717) is 51.4 Å². The predicted octanol–water partition coefficient (Wildman–Crippen LogP) is 1.47. The number of nitrogens with zero attached hydrogens (tertiary/aromatic N) is 2. The number of nitrogens with one attached hydrogen (secondary N) is 1. The minimum absolute atomic E-state index is 0.100. The van der Waals surface area contributed by atoms with Crippen molar-refractivity contribution in [2.24, 2.45) is 0 Å². The van der Waals surface area contributed by atoms with Crippen molar-refractivity contribution in [2.75, 3.05) is 39.5 Å². The second kappa shape index (κ2) is 8.35. The van der Waals surface area contributed by atoms with Gasteiger partial charge in [0.15, 0.2) is 17.3 Å². The number of amides is 2. The molecule has 1 saturated heterocycles. The van der Waals surface area contributed by atoms with Gasteiger partial charge in [0.2, 0.25) is 12.7 Å². The second-order valence-corrected chi connectivity index (χ2v) is 6.76. The monoisotopic (exact) mass is 385 g/mol. The summed E-state index contributed by atoms with van der Waals surface area (Å²) >= 11 is 0. The highest BCUT2D eigenvalue weighted by Crippen LogP contribution is 2.32. The number of fused-ring (bicyclic) bond motifs is 1. The van der Waals surface area contributed by atoms with Gasteiger partial charge >= 0.3 is 0 Å². The summed E-state index contributed by atoms with van der Waals surface area (Å²) < 4.78 is 15.8. The van der Waals surface area contributed by atoms with Crippen molar-refractivity contribution in [3.63, 3.8) is 0 Å². The second-order valence-electron chi connectivity index (χ2n) is 6.76. The van der Waals surface area contributed by atoms with Gasteiger partial charge in [-0.3, -0.25) is 9.59 Å². The van der Waals surface area contributed by atoms with Crippen LogP contribution in [0.3, 0.4) is 0 Å². The van der Waals surface area contributed by atoms with Gasteiger partial charge in [-0.05, 0) is 29.8 Å². The largest absolute Gasteiger partial charge is 0.459 e. The van der Waals surface area contributed by atoms with E-state index in [9.17, 15) is 9.59 Å². The number of benzene rings is 1. The quantitative estimate of drug-likeness (QED) is 0.758. The smallest absolute Gasteiger partial charge is 0.289 e. The summed E-state index contributed by atoms with van der Waals surface area (Å²) in [7, 11) is 0. The van der Waals surface area contributed by atoms with Crippen LogP contribution in [0, 0.1) is 0 Å². The van der Waals surface area contributed by atoms with E-state index in [1.165, 1.54) is 6.26 Å². The van der Waals surface area contributed by atoms with Gasteiger partial charge < -0.3 is 29.0 Å². The van der Waals surface area contributed by atoms with Gasteiger partial charge in [-0.2, -0.15) is 0 Å². The summed E-state index contributed by atoms with van der Waals surface area (Å²) in [5.41, 5.74) is 1.08. The molecule has 0 atom stereocenters. The molecule has 1 N–H and O–H groups in total. The number of rotatable bonds is 6. The molecule has 4 rings (SSSR count). The highest BCUT2D eigenvalue weighted by Gasteiger charge is 2.25. The van der Waals surface area contributed by atoms with Crippen LogP contribution in [0.25, 0.3) is 0 Å². The molecule has 0 aliphatic carbocycles. The zero-order valence-electron chi connectivity index (χ0n) is 15.6. The van der Waals surface area contributed by atoms with Crippen LogP contribution in [0.2, 0.25) is 0 Å². The average molecular weight is 385 g/mol. The van der Waals surface area contributed by atoms with Crippen LogP contribution >= 0.6 is 0 Å². The first kappa shape index (κ1) is 18.4. The zero-order valence-corrected chi connectivity index (χ0v) is 15.6. The van der Waals surface area contributed by atoms with Crippen molar-refractivity contribution < 1.29 is 23.5 Å². The third kappa shape index (κ3) is 4.12. The lowest BCUT2D eigenvalue weighted by molar-refractivity contribution is -0.132. The normalized spacial score (nSPS) is 15.7. The Bertz CT molecular complexity index is 828. The summed E-state index contributed by atoms with van der Waals surface area (Å²) in [4.78, 5) is 28.2. The van der Waals surface area contributed by atoms with Crippen molar-refractivity contribution in [3.8, 4) is 11.5 Å². The topological polar surface area (TPSA) is 84.3 Å². The summed E-state index contributed by atoms with van der Waals surface area (Å²) in [5, 5.41) is 3.29. The maximum Gasteiger partial charge on any atom is 0.289 e. The molecule has 8 nitrogen and oxygen atoms in total. The molecule has 1 aromatic heterocycles. The molecule has 0 spiro atoms. The first-order chi connectivity index (χ1) is 13.7. The number of hydrogen-bond donors (Lipinski definition) is 1. The van der Waals surface area contributed by atoms with Crippen molar-refractivity contribution in [2.45, 2.75) is 13.0 Å². The van der Waals surface area contributed by atoms with E-state index in [4.69, 9.17) is 13.9 Å².